The highest BCUT2D eigenvalue weighted by atomic mass is 16.5. The molecule has 0 spiro atoms. The lowest BCUT2D eigenvalue weighted by Gasteiger charge is -2.43. The van der Waals surface area contributed by atoms with Crippen LogP contribution in [-0.4, -0.2) is 30.7 Å². The highest BCUT2D eigenvalue weighted by Gasteiger charge is 2.39. The molecule has 5 heteroatoms. The van der Waals surface area contributed by atoms with Gasteiger partial charge in [0.2, 0.25) is 0 Å². The molecule has 0 radical (unpaired) electrons. The Morgan fingerprint density at radius 1 is 1.53 bits per heavy atom. The first-order valence-electron chi connectivity index (χ1n) is 6.57. The van der Waals surface area contributed by atoms with Crippen molar-refractivity contribution in [2.75, 3.05) is 11.9 Å². The maximum Gasteiger partial charge on any atom is 0.250 e. The van der Waals surface area contributed by atoms with E-state index in [4.69, 9.17) is 16.2 Å². The van der Waals surface area contributed by atoms with Crippen LogP contribution in [0.5, 0.6) is 0 Å². The molecular weight excluding hydrogens is 242 g/mol. The van der Waals surface area contributed by atoms with Crippen molar-refractivity contribution in [1.82, 2.24) is 0 Å². The number of benzene rings is 1. The van der Waals surface area contributed by atoms with Crippen LogP contribution in [-0.2, 0) is 4.74 Å². The summed E-state index contributed by atoms with van der Waals surface area (Å²) >= 11 is 0. The fourth-order valence-electron chi connectivity index (χ4n) is 2.40. The van der Waals surface area contributed by atoms with Gasteiger partial charge in [0, 0.05) is 18.3 Å². The average molecular weight is 263 g/mol. The topological polar surface area (TPSA) is 90.4 Å². The molecule has 1 saturated carbocycles. The number of rotatable bonds is 5. The predicted octanol–water partition coefficient (Wildman–Crippen LogP) is 1.01. The Balaban J connectivity index is 2.18. The maximum absolute atomic E-state index is 11.4. The summed E-state index contributed by atoms with van der Waals surface area (Å²) in [6.45, 7) is 4.59. The molecule has 5 N–H and O–H groups in total. The summed E-state index contributed by atoms with van der Waals surface area (Å²) in [5, 5.41) is 3.30. The van der Waals surface area contributed by atoms with Crippen LogP contribution in [0.2, 0.25) is 0 Å². The number of amides is 1. The Labute approximate surface area is 113 Å². The van der Waals surface area contributed by atoms with Crippen LogP contribution >= 0.6 is 0 Å². The molecule has 3 atom stereocenters. The minimum Gasteiger partial charge on any atom is -0.377 e. The summed E-state index contributed by atoms with van der Waals surface area (Å²) in [6, 6.07) is 5.58. The molecular formula is C14H21N3O2. The lowest BCUT2D eigenvalue weighted by molar-refractivity contribution is -0.0126. The molecule has 1 fully saturated rings. The zero-order chi connectivity index (χ0) is 14.0. The van der Waals surface area contributed by atoms with Gasteiger partial charge in [-0.15, -0.1) is 0 Å². The van der Waals surface area contributed by atoms with E-state index in [-0.39, 0.29) is 18.2 Å². The first-order valence-corrected chi connectivity index (χ1v) is 6.57. The Bertz CT molecular complexity index is 474. The molecule has 1 aliphatic rings. The van der Waals surface area contributed by atoms with E-state index in [1.807, 2.05) is 26.0 Å². The van der Waals surface area contributed by atoms with E-state index in [2.05, 4.69) is 5.32 Å². The van der Waals surface area contributed by atoms with Crippen LogP contribution in [0.4, 0.5) is 5.69 Å². The summed E-state index contributed by atoms with van der Waals surface area (Å²) in [6.07, 6.45) is 0.935. The van der Waals surface area contributed by atoms with E-state index in [0.29, 0.717) is 12.2 Å². The van der Waals surface area contributed by atoms with Crippen molar-refractivity contribution in [3.63, 3.8) is 0 Å². The summed E-state index contributed by atoms with van der Waals surface area (Å²) in [5.74, 6) is -0.441. The standard InChI is InChI=1S/C14H21N3O2/c1-3-19-12-7-10(15)13(12)17-11-6-8(2)4-5-9(11)14(16)18/h4-6,10,12-13,17H,3,7,15H2,1-2H3,(H2,16,18). The third-order valence-corrected chi connectivity index (χ3v) is 3.51. The summed E-state index contributed by atoms with van der Waals surface area (Å²) in [7, 11) is 0. The Hall–Kier alpha value is -1.59. The van der Waals surface area contributed by atoms with Crippen molar-refractivity contribution in [2.24, 2.45) is 11.5 Å². The molecule has 1 amide bonds. The van der Waals surface area contributed by atoms with Crippen LogP contribution in [0.3, 0.4) is 0 Å². The van der Waals surface area contributed by atoms with Gasteiger partial charge in [-0.3, -0.25) is 4.79 Å². The zero-order valence-electron chi connectivity index (χ0n) is 11.3. The van der Waals surface area contributed by atoms with Crippen molar-refractivity contribution in [1.29, 1.82) is 0 Å². The van der Waals surface area contributed by atoms with Gasteiger partial charge in [0.25, 0.3) is 5.91 Å². The van der Waals surface area contributed by atoms with Gasteiger partial charge in [-0.2, -0.15) is 0 Å². The summed E-state index contributed by atoms with van der Waals surface area (Å²) in [5.41, 5.74) is 13.7. The largest absolute Gasteiger partial charge is 0.377 e. The fraction of sp³-hybridized carbons (Fsp3) is 0.500. The van der Waals surface area contributed by atoms with E-state index < -0.39 is 5.91 Å². The van der Waals surface area contributed by atoms with Crippen LogP contribution in [0.25, 0.3) is 0 Å². The quantitative estimate of drug-likeness (QED) is 0.739. The number of hydrogen-bond donors (Lipinski definition) is 3. The Morgan fingerprint density at radius 2 is 2.26 bits per heavy atom. The molecule has 19 heavy (non-hydrogen) atoms. The highest BCUT2D eigenvalue weighted by molar-refractivity contribution is 5.98. The predicted molar refractivity (Wildman–Crippen MR) is 75.1 cm³/mol. The third kappa shape index (κ3) is 2.88. The highest BCUT2D eigenvalue weighted by Crippen LogP contribution is 2.28. The second-order valence-electron chi connectivity index (χ2n) is 4.98. The molecule has 2 rings (SSSR count). The molecule has 0 aliphatic heterocycles. The van der Waals surface area contributed by atoms with Gasteiger partial charge in [-0.1, -0.05) is 6.07 Å². The minimum atomic E-state index is -0.441. The lowest BCUT2D eigenvalue weighted by Crippen LogP contribution is -2.60. The zero-order valence-corrected chi connectivity index (χ0v) is 11.3. The van der Waals surface area contributed by atoms with Gasteiger partial charge < -0.3 is 21.5 Å². The van der Waals surface area contributed by atoms with Crippen molar-refractivity contribution < 1.29 is 9.53 Å². The average Bonchev–Trinajstić information content (AvgIpc) is 2.35. The maximum atomic E-state index is 11.4. The van der Waals surface area contributed by atoms with E-state index in [1.165, 1.54) is 0 Å². The third-order valence-electron chi connectivity index (χ3n) is 3.51. The van der Waals surface area contributed by atoms with Gasteiger partial charge in [-0.05, 0) is 38.0 Å². The molecule has 5 nitrogen and oxygen atoms in total. The van der Waals surface area contributed by atoms with E-state index in [1.54, 1.807) is 6.07 Å². The normalized spacial score (nSPS) is 25.7. The van der Waals surface area contributed by atoms with Gasteiger partial charge in [0.05, 0.1) is 17.7 Å². The van der Waals surface area contributed by atoms with Crippen LogP contribution in [0.1, 0.15) is 29.3 Å². The smallest absolute Gasteiger partial charge is 0.250 e. The minimum absolute atomic E-state index is 0.0276. The first-order chi connectivity index (χ1) is 9.02. The molecule has 0 bridgehead atoms. The lowest BCUT2D eigenvalue weighted by atomic mass is 9.83. The van der Waals surface area contributed by atoms with Gasteiger partial charge >= 0.3 is 0 Å². The van der Waals surface area contributed by atoms with Gasteiger partial charge in [0.15, 0.2) is 0 Å². The van der Waals surface area contributed by atoms with E-state index in [0.717, 1.165) is 17.7 Å². The monoisotopic (exact) mass is 263 g/mol. The number of hydrogen-bond acceptors (Lipinski definition) is 4. The Morgan fingerprint density at radius 3 is 2.84 bits per heavy atom. The van der Waals surface area contributed by atoms with Crippen LogP contribution < -0.4 is 16.8 Å². The molecule has 1 aliphatic carbocycles. The van der Waals surface area contributed by atoms with Crippen molar-refractivity contribution in [3.8, 4) is 0 Å². The molecule has 104 valence electrons. The van der Waals surface area contributed by atoms with Gasteiger partial charge in [-0.25, -0.2) is 0 Å². The summed E-state index contributed by atoms with van der Waals surface area (Å²) in [4.78, 5) is 11.4. The van der Waals surface area contributed by atoms with E-state index in [9.17, 15) is 4.79 Å². The molecule has 0 heterocycles. The Kier molecular flexibility index (Phi) is 4.07. The molecule has 1 aromatic carbocycles. The van der Waals surface area contributed by atoms with Gasteiger partial charge in [0.1, 0.15) is 0 Å². The van der Waals surface area contributed by atoms with E-state index >= 15 is 0 Å². The number of aryl methyl sites for hydroxylation is 1. The number of carbonyl (C=O) groups is 1. The number of nitrogens with one attached hydrogen (secondary N) is 1. The SMILES string of the molecule is CCOC1CC(N)C1Nc1cc(C)ccc1C(N)=O. The number of carbonyl (C=O) groups excluding carboxylic acids is 1. The number of ether oxygens (including phenoxy) is 1. The second-order valence-corrected chi connectivity index (χ2v) is 4.98. The number of primary amides is 1. The molecule has 0 saturated heterocycles. The van der Waals surface area contributed by atoms with Crippen LogP contribution in [0, 0.1) is 6.92 Å². The van der Waals surface area contributed by atoms with Crippen molar-refractivity contribution >= 4 is 11.6 Å². The fourth-order valence-corrected chi connectivity index (χ4v) is 2.40. The molecule has 0 aromatic heterocycles. The van der Waals surface area contributed by atoms with Crippen LogP contribution in [0.15, 0.2) is 18.2 Å². The molecule has 1 aromatic rings. The molecule has 3 unspecified atom stereocenters. The van der Waals surface area contributed by atoms with Crippen molar-refractivity contribution in [3.05, 3.63) is 29.3 Å². The second kappa shape index (κ2) is 5.59. The summed E-state index contributed by atoms with van der Waals surface area (Å²) < 4.78 is 5.60. The number of anilines is 1. The number of nitrogens with two attached hydrogens (primary N) is 2. The van der Waals surface area contributed by atoms with Crippen molar-refractivity contribution in [2.45, 2.75) is 38.5 Å². The first kappa shape index (κ1) is 13.8.